The number of methoxy groups -OCH3 is 1. The highest BCUT2D eigenvalue weighted by Gasteiger charge is 2.34. The maximum atomic E-state index is 12.0. The Labute approximate surface area is 114 Å². The van der Waals surface area contributed by atoms with Crippen molar-refractivity contribution in [1.82, 2.24) is 5.32 Å². The van der Waals surface area contributed by atoms with Crippen LogP contribution in [0, 0.1) is 17.3 Å². The molecule has 0 bridgehead atoms. The second kappa shape index (κ2) is 6.89. The van der Waals surface area contributed by atoms with Gasteiger partial charge < -0.3 is 15.2 Å². The molecule has 0 aliphatic heterocycles. The van der Waals surface area contributed by atoms with Crippen molar-refractivity contribution in [3.8, 4) is 0 Å². The van der Waals surface area contributed by atoms with Gasteiger partial charge in [0.1, 0.15) is 0 Å². The van der Waals surface area contributed by atoms with Crippen LogP contribution in [0.5, 0.6) is 0 Å². The van der Waals surface area contributed by atoms with Crippen LogP contribution in [0.1, 0.15) is 39.5 Å². The summed E-state index contributed by atoms with van der Waals surface area (Å²) < 4.78 is 5.05. The maximum absolute atomic E-state index is 12.0. The zero-order valence-electron chi connectivity index (χ0n) is 12.1. The van der Waals surface area contributed by atoms with Crippen LogP contribution in [-0.2, 0) is 14.3 Å². The fourth-order valence-electron chi connectivity index (χ4n) is 2.38. The van der Waals surface area contributed by atoms with Gasteiger partial charge in [-0.05, 0) is 31.1 Å². The zero-order valence-corrected chi connectivity index (χ0v) is 12.1. The molecular formula is C14H25NO4. The number of aliphatic carboxylic acids is 1. The maximum Gasteiger partial charge on any atom is 0.306 e. The Morgan fingerprint density at radius 1 is 1.32 bits per heavy atom. The van der Waals surface area contributed by atoms with E-state index in [2.05, 4.69) is 19.2 Å². The van der Waals surface area contributed by atoms with Crippen molar-refractivity contribution >= 4 is 11.9 Å². The Morgan fingerprint density at radius 2 is 1.95 bits per heavy atom. The van der Waals surface area contributed by atoms with Crippen LogP contribution < -0.4 is 5.32 Å². The second-order valence-electron chi connectivity index (χ2n) is 6.17. The van der Waals surface area contributed by atoms with Crippen molar-refractivity contribution in [2.75, 3.05) is 20.3 Å². The number of hydrogen-bond donors (Lipinski definition) is 2. The molecule has 1 fully saturated rings. The molecule has 0 heterocycles. The SMILES string of the molecule is COCCC(C)(C)CNC(=O)[C@@H]1CC[C@H](C(=O)O)C1. The number of ether oxygens (including phenoxy) is 1. The topological polar surface area (TPSA) is 75.6 Å². The summed E-state index contributed by atoms with van der Waals surface area (Å²) in [5.41, 5.74) is -0.00350. The summed E-state index contributed by atoms with van der Waals surface area (Å²) in [6.07, 6.45) is 2.65. The standard InChI is InChI=1S/C14H25NO4/c1-14(2,6-7-19-3)9-15-12(16)10-4-5-11(8-10)13(17)18/h10-11H,4-9H2,1-3H3,(H,15,16)(H,17,18)/t10-,11+/m1/s1. The van der Waals surface area contributed by atoms with Crippen molar-refractivity contribution < 1.29 is 19.4 Å². The van der Waals surface area contributed by atoms with Gasteiger partial charge >= 0.3 is 5.97 Å². The fraction of sp³-hybridized carbons (Fsp3) is 0.857. The van der Waals surface area contributed by atoms with E-state index in [-0.39, 0.29) is 23.2 Å². The number of rotatable bonds is 7. The van der Waals surface area contributed by atoms with Crippen LogP contribution in [0.4, 0.5) is 0 Å². The van der Waals surface area contributed by atoms with Gasteiger partial charge in [-0.2, -0.15) is 0 Å². The summed E-state index contributed by atoms with van der Waals surface area (Å²) in [5, 5.41) is 11.9. The van der Waals surface area contributed by atoms with E-state index in [1.165, 1.54) is 0 Å². The van der Waals surface area contributed by atoms with E-state index in [4.69, 9.17) is 9.84 Å². The number of hydrogen-bond acceptors (Lipinski definition) is 3. The van der Waals surface area contributed by atoms with Crippen LogP contribution in [0.15, 0.2) is 0 Å². The zero-order chi connectivity index (χ0) is 14.5. The number of carbonyl (C=O) groups is 2. The molecule has 1 amide bonds. The van der Waals surface area contributed by atoms with Gasteiger partial charge in [0.05, 0.1) is 5.92 Å². The van der Waals surface area contributed by atoms with Crippen molar-refractivity contribution in [1.29, 1.82) is 0 Å². The molecule has 1 aliphatic carbocycles. The molecule has 2 atom stereocenters. The average molecular weight is 271 g/mol. The molecule has 0 saturated heterocycles. The van der Waals surface area contributed by atoms with Crippen molar-refractivity contribution in [3.63, 3.8) is 0 Å². The van der Waals surface area contributed by atoms with Crippen molar-refractivity contribution in [2.24, 2.45) is 17.3 Å². The fourth-order valence-corrected chi connectivity index (χ4v) is 2.38. The Morgan fingerprint density at radius 3 is 2.47 bits per heavy atom. The summed E-state index contributed by atoms with van der Waals surface area (Å²) in [4.78, 5) is 22.9. The minimum atomic E-state index is -0.782. The monoisotopic (exact) mass is 271 g/mol. The molecule has 5 heteroatoms. The number of carboxylic acid groups (broad SMARTS) is 1. The number of carboxylic acids is 1. The third kappa shape index (κ3) is 5.19. The first-order chi connectivity index (χ1) is 8.85. The predicted molar refractivity (Wildman–Crippen MR) is 71.8 cm³/mol. The molecule has 0 radical (unpaired) electrons. The van der Waals surface area contributed by atoms with Crippen molar-refractivity contribution in [3.05, 3.63) is 0 Å². The van der Waals surface area contributed by atoms with E-state index in [0.29, 0.717) is 32.4 Å². The highest BCUT2D eigenvalue weighted by Crippen LogP contribution is 2.31. The molecule has 1 saturated carbocycles. The van der Waals surface area contributed by atoms with Crippen LogP contribution in [0.3, 0.4) is 0 Å². The third-order valence-electron chi connectivity index (χ3n) is 3.88. The Bertz CT molecular complexity index is 327. The van der Waals surface area contributed by atoms with E-state index < -0.39 is 5.97 Å². The Balaban J connectivity index is 2.34. The van der Waals surface area contributed by atoms with E-state index in [1.54, 1.807) is 7.11 Å². The highest BCUT2D eigenvalue weighted by atomic mass is 16.5. The molecule has 19 heavy (non-hydrogen) atoms. The van der Waals surface area contributed by atoms with E-state index in [1.807, 2.05) is 0 Å². The second-order valence-corrected chi connectivity index (χ2v) is 6.17. The normalized spacial score (nSPS) is 23.3. The Kier molecular flexibility index (Phi) is 5.79. The molecule has 0 aromatic carbocycles. The Hall–Kier alpha value is -1.10. The lowest BCUT2D eigenvalue weighted by Gasteiger charge is -2.25. The summed E-state index contributed by atoms with van der Waals surface area (Å²) in [6.45, 7) is 5.44. The minimum absolute atomic E-state index is 0.00350. The first kappa shape index (κ1) is 16.0. The van der Waals surface area contributed by atoms with E-state index in [9.17, 15) is 9.59 Å². The van der Waals surface area contributed by atoms with Gasteiger partial charge in [-0.1, -0.05) is 13.8 Å². The highest BCUT2D eigenvalue weighted by molar-refractivity contribution is 5.80. The third-order valence-corrected chi connectivity index (χ3v) is 3.88. The van der Waals surface area contributed by atoms with Gasteiger partial charge in [0.25, 0.3) is 0 Å². The van der Waals surface area contributed by atoms with Gasteiger partial charge in [-0.3, -0.25) is 9.59 Å². The van der Waals surface area contributed by atoms with E-state index >= 15 is 0 Å². The smallest absolute Gasteiger partial charge is 0.306 e. The summed E-state index contributed by atoms with van der Waals surface area (Å²) in [6, 6.07) is 0. The first-order valence-electron chi connectivity index (χ1n) is 6.85. The van der Waals surface area contributed by atoms with Crippen molar-refractivity contribution in [2.45, 2.75) is 39.5 Å². The van der Waals surface area contributed by atoms with Crippen LogP contribution in [0.25, 0.3) is 0 Å². The molecule has 5 nitrogen and oxygen atoms in total. The molecule has 0 unspecified atom stereocenters. The minimum Gasteiger partial charge on any atom is -0.481 e. The van der Waals surface area contributed by atoms with Gasteiger partial charge in [-0.15, -0.1) is 0 Å². The first-order valence-corrected chi connectivity index (χ1v) is 6.85. The molecular weight excluding hydrogens is 246 g/mol. The van der Waals surface area contributed by atoms with Gasteiger partial charge in [0, 0.05) is 26.2 Å². The molecule has 1 rings (SSSR count). The molecule has 0 aromatic heterocycles. The lowest BCUT2D eigenvalue weighted by molar-refractivity contribution is -0.141. The lowest BCUT2D eigenvalue weighted by Crippen LogP contribution is -2.37. The molecule has 110 valence electrons. The number of carbonyl (C=O) groups excluding carboxylic acids is 1. The average Bonchev–Trinajstić information content (AvgIpc) is 2.83. The largest absolute Gasteiger partial charge is 0.481 e. The number of nitrogens with one attached hydrogen (secondary N) is 1. The summed E-state index contributed by atoms with van der Waals surface area (Å²) in [7, 11) is 1.67. The van der Waals surface area contributed by atoms with Crippen LogP contribution in [-0.4, -0.2) is 37.2 Å². The quantitative estimate of drug-likeness (QED) is 0.738. The van der Waals surface area contributed by atoms with Gasteiger partial charge in [0.2, 0.25) is 5.91 Å². The predicted octanol–water partition coefficient (Wildman–Crippen LogP) is 1.67. The molecule has 0 spiro atoms. The molecule has 2 N–H and O–H groups in total. The number of amides is 1. The van der Waals surface area contributed by atoms with Crippen LogP contribution in [0.2, 0.25) is 0 Å². The lowest BCUT2D eigenvalue weighted by atomic mass is 9.89. The van der Waals surface area contributed by atoms with E-state index in [0.717, 1.165) is 6.42 Å². The summed E-state index contributed by atoms with van der Waals surface area (Å²) >= 11 is 0. The summed E-state index contributed by atoms with van der Waals surface area (Å²) in [5.74, 6) is -1.28. The molecule has 1 aliphatic rings. The van der Waals surface area contributed by atoms with Crippen LogP contribution >= 0.6 is 0 Å². The van der Waals surface area contributed by atoms with Gasteiger partial charge in [-0.25, -0.2) is 0 Å². The molecule has 0 aromatic rings. The van der Waals surface area contributed by atoms with Gasteiger partial charge in [0.15, 0.2) is 0 Å².